The number of likely N-dealkylation sites (tertiary alicyclic amines) is 1. The van der Waals surface area contributed by atoms with Crippen molar-refractivity contribution in [2.45, 2.75) is 26.3 Å². The number of amides is 1. The van der Waals surface area contributed by atoms with Crippen LogP contribution in [0.4, 0.5) is 0 Å². The number of phenolic OH excluding ortho intramolecular Hbond substituents is 1. The molecule has 35 heavy (non-hydrogen) atoms. The Bertz CT molecular complexity index is 1090. The number of phenols is 1. The summed E-state index contributed by atoms with van der Waals surface area (Å²) in [7, 11) is 5.43. The molecule has 1 aliphatic heterocycles. The first kappa shape index (κ1) is 26.1. The summed E-state index contributed by atoms with van der Waals surface area (Å²) in [6.07, 6.45) is 0.663. The molecule has 2 aromatic rings. The highest BCUT2D eigenvalue weighted by atomic mass is 16.5. The number of nitrogens with zero attached hydrogens (tertiary/aromatic N) is 1. The predicted octanol–water partition coefficient (Wildman–Crippen LogP) is 1.19. The maximum Gasteiger partial charge on any atom is 0.295 e. The lowest BCUT2D eigenvalue weighted by Gasteiger charge is -2.28. The van der Waals surface area contributed by atoms with Crippen molar-refractivity contribution in [3.63, 3.8) is 0 Å². The number of ether oxygens (including phenoxy) is 2. The predicted molar refractivity (Wildman–Crippen MR) is 130 cm³/mol. The fourth-order valence-corrected chi connectivity index (χ4v) is 4.04. The number of benzene rings is 2. The molecule has 0 spiro atoms. The van der Waals surface area contributed by atoms with E-state index in [9.17, 15) is 19.8 Å². The van der Waals surface area contributed by atoms with Gasteiger partial charge in [0.05, 0.1) is 40.4 Å². The van der Waals surface area contributed by atoms with Gasteiger partial charge in [-0.25, -0.2) is 0 Å². The maximum atomic E-state index is 13.6. The molecule has 1 fully saturated rings. The first-order valence-electron chi connectivity index (χ1n) is 11.8. The smallest absolute Gasteiger partial charge is 0.295 e. The van der Waals surface area contributed by atoms with Crippen LogP contribution in [0.25, 0.3) is 5.76 Å². The summed E-state index contributed by atoms with van der Waals surface area (Å²) < 4.78 is 10.9. The van der Waals surface area contributed by atoms with Gasteiger partial charge in [0.1, 0.15) is 5.75 Å². The van der Waals surface area contributed by atoms with Gasteiger partial charge in [-0.05, 0) is 41.3 Å². The van der Waals surface area contributed by atoms with Gasteiger partial charge < -0.3 is 29.5 Å². The second-order valence-electron chi connectivity index (χ2n) is 9.44. The lowest BCUT2D eigenvalue weighted by atomic mass is 9.95. The fourth-order valence-electron chi connectivity index (χ4n) is 4.04. The molecule has 8 nitrogen and oxygen atoms in total. The minimum absolute atomic E-state index is 0.0699. The van der Waals surface area contributed by atoms with E-state index < -0.39 is 23.5 Å². The lowest BCUT2D eigenvalue weighted by Crippen LogP contribution is -3.05. The Morgan fingerprint density at radius 1 is 1.14 bits per heavy atom. The number of hydrogen-bond acceptors (Lipinski definition) is 6. The van der Waals surface area contributed by atoms with Gasteiger partial charge in [-0.15, -0.1) is 0 Å². The average Bonchev–Trinajstić information content (AvgIpc) is 3.07. The maximum absolute atomic E-state index is 13.6. The molecule has 1 atom stereocenters. The van der Waals surface area contributed by atoms with Gasteiger partial charge in [0, 0.05) is 18.5 Å². The van der Waals surface area contributed by atoms with E-state index in [1.54, 1.807) is 36.4 Å². The van der Waals surface area contributed by atoms with Crippen LogP contribution in [0.5, 0.6) is 17.2 Å². The number of aromatic hydroxyl groups is 1. The van der Waals surface area contributed by atoms with E-state index in [1.165, 1.54) is 23.0 Å². The second-order valence-corrected chi connectivity index (χ2v) is 9.44. The van der Waals surface area contributed by atoms with Crippen molar-refractivity contribution in [3.8, 4) is 17.2 Å². The molecule has 0 bridgehead atoms. The molecule has 1 saturated heterocycles. The summed E-state index contributed by atoms with van der Waals surface area (Å²) in [5, 5.41) is 23.6. The second kappa shape index (κ2) is 11.3. The van der Waals surface area contributed by atoms with Crippen LogP contribution < -0.4 is 19.5 Å². The van der Waals surface area contributed by atoms with Crippen molar-refractivity contribution < 1.29 is 34.2 Å². The summed E-state index contributed by atoms with van der Waals surface area (Å²) in [5.41, 5.74) is 0.723. The Labute approximate surface area is 206 Å². The van der Waals surface area contributed by atoms with Crippen LogP contribution in [0.1, 0.15) is 37.4 Å². The minimum Gasteiger partial charge on any atom is -0.872 e. The van der Waals surface area contributed by atoms with Crippen molar-refractivity contribution in [3.05, 3.63) is 59.2 Å². The van der Waals surface area contributed by atoms with Gasteiger partial charge in [-0.1, -0.05) is 37.8 Å². The van der Waals surface area contributed by atoms with E-state index in [1.807, 2.05) is 27.9 Å². The minimum atomic E-state index is -0.869. The van der Waals surface area contributed by atoms with Gasteiger partial charge in [0.2, 0.25) is 5.78 Å². The number of carbonyl (C=O) groups is 2. The Morgan fingerprint density at radius 3 is 2.43 bits per heavy atom. The number of ketones is 1. The van der Waals surface area contributed by atoms with Crippen molar-refractivity contribution in [1.29, 1.82) is 0 Å². The first-order chi connectivity index (χ1) is 16.6. The van der Waals surface area contributed by atoms with Crippen LogP contribution in [0.3, 0.4) is 0 Å². The van der Waals surface area contributed by atoms with Crippen molar-refractivity contribution in [1.82, 2.24) is 4.90 Å². The fraction of sp³-hybridized carbons (Fsp3) is 0.407. The third kappa shape index (κ3) is 5.95. The van der Waals surface area contributed by atoms with Crippen LogP contribution in [-0.4, -0.2) is 62.6 Å². The Balaban J connectivity index is 2.04. The molecule has 1 aliphatic rings. The Hall–Kier alpha value is -3.52. The number of hydrogen-bond donors (Lipinski definition) is 2. The van der Waals surface area contributed by atoms with Crippen molar-refractivity contribution in [2.75, 3.05) is 40.9 Å². The molecular weight excluding hydrogens is 448 g/mol. The summed E-state index contributed by atoms with van der Waals surface area (Å²) in [6.45, 7) is 5.75. The molecule has 0 aliphatic carbocycles. The summed E-state index contributed by atoms with van der Waals surface area (Å²) in [5.74, 6) is -0.888. The zero-order valence-corrected chi connectivity index (χ0v) is 21.0. The van der Waals surface area contributed by atoms with E-state index in [4.69, 9.17) is 9.47 Å². The Kier molecular flexibility index (Phi) is 8.40. The van der Waals surface area contributed by atoms with Gasteiger partial charge in [0.25, 0.3) is 5.91 Å². The number of quaternary nitrogens is 1. The van der Waals surface area contributed by atoms with Crippen molar-refractivity contribution >= 4 is 17.4 Å². The molecule has 188 valence electrons. The van der Waals surface area contributed by atoms with Gasteiger partial charge in [0.15, 0.2) is 11.5 Å². The number of nitrogens with one attached hydrogen (secondary N) is 1. The molecule has 0 aromatic heterocycles. The summed E-state index contributed by atoms with van der Waals surface area (Å²) >= 11 is 0. The SMILES string of the molecule is COc1cc(C2/C(=C(\[O-])c3ccc(OCC(C)C)cc3)C(=O)C(=O)N2CCC[NH+](C)C)ccc1O. The van der Waals surface area contributed by atoms with Crippen LogP contribution in [-0.2, 0) is 9.59 Å². The molecule has 2 N–H and O–H groups in total. The van der Waals surface area contributed by atoms with E-state index in [2.05, 4.69) is 0 Å². The van der Waals surface area contributed by atoms with E-state index >= 15 is 0 Å². The average molecular weight is 483 g/mol. The topological polar surface area (TPSA) is 104 Å². The van der Waals surface area contributed by atoms with Crippen LogP contribution in [0.2, 0.25) is 0 Å². The quantitative estimate of drug-likeness (QED) is 0.300. The molecule has 8 heteroatoms. The standard InChI is InChI=1S/C27H34N2O6/c1-17(2)16-35-20-10-7-18(8-11-20)25(31)23-24(19-9-12-21(30)22(15-19)34-5)29(27(33)26(23)32)14-6-13-28(3)4/h7-12,15,17,24,30-31H,6,13-14,16H2,1-5H3/b25-23+. The molecule has 3 rings (SSSR count). The highest BCUT2D eigenvalue weighted by molar-refractivity contribution is 6.46. The van der Waals surface area contributed by atoms with Gasteiger partial charge in [-0.2, -0.15) is 0 Å². The monoisotopic (exact) mass is 482 g/mol. The third-order valence-electron chi connectivity index (χ3n) is 5.82. The lowest BCUT2D eigenvalue weighted by molar-refractivity contribution is -0.858. The first-order valence-corrected chi connectivity index (χ1v) is 11.8. The molecule has 0 radical (unpaired) electrons. The summed E-state index contributed by atoms with van der Waals surface area (Å²) in [4.78, 5) is 28.8. The number of carbonyl (C=O) groups excluding carboxylic acids is 2. The Morgan fingerprint density at radius 2 is 1.83 bits per heavy atom. The zero-order valence-electron chi connectivity index (χ0n) is 21.0. The molecule has 1 amide bonds. The number of methoxy groups -OCH3 is 1. The molecule has 2 aromatic carbocycles. The third-order valence-corrected chi connectivity index (χ3v) is 5.82. The summed E-state index contributed by atoms with van der Waals surface area (Å²) in [6, 6.07) is 10.3. The molecule has 0 saturated carbocycles. The van der Waals surface area contributed by atoms with Gasteiger partial charge >= 0.3 is 0 Å². The normalized spacial score (nSPS) is 17.5. The van der Waals surface area contributed by atoms with E-state index in [0.717, 1.165) is 6.54 Å². The highest BCUT2D eigenvalue weighted by Gasteiger charge is 2.44. The van der Waals surface area contributed by atoms with Crippen LogP contribution in [0, 0.1) is 5.92 Å². The molecular formula is C27H34N2O6. The number of Topliss-reactive ketones (excluding diaryl/α,β-unsaturated/α-hetero) is 1. The van der Waals surface area contributed by atoms with E-state index in [-0.39, 0.29) is 17.1 Å². The van der Waals surface area contributed by atoms with Crippen molar-refractivity contribution in [2.24, 2.45) is 5.92 Å². The molecule has 1 heterocycles. The van der Waals surface area contributed by atoms with Gasteiger partial charge in [-0.3, -0.25) is 9.59 Å². The zero-order chi connectivity index (χ0) is 25.7. The largest absolute Gasteiger partial charge is 0.872 e. The van der Waals surface area contributed by atoms with Crippen LogP contribution >= 0.6 is 0 Å². The molecule has 1 unspecified atom stereocenters. The van der Waals surface area contributed by atoms with E-state index in [0.29, 0.717) is 42.4 Å². The number of rotatable bonds is 10. The van der Waals surface area contributed by atoms with Crippen LogP contribution in [0.15, 0.2) is 48.0 Å². The highest BCUT2D eigenvalue weighted by Crippen LogP contribution is 2.41.